The van der Waals surface area contributed by atoms with E-state index in [-0.39, 0.29) is 0 Å². The van der Waals surface area contributed by atoms with Gasteiger partial charge in [0, 0.05) is 0 Å². The Labute approximate surface area is 93.4 Å². The average molecular weight is 217 g/mol. The summed E-state index contributed by atoms with van der Waals surface area (Å²) in [6.45, 7) is 6.93. The molecule has 0 aliphatic heterocycles. The van der Waals surface area contributed by atoms with Crippen molar-refractivity contribution in [3.63, 3.8) is 0 Å². The molecule has 0 rings (SSSR count). The van der Waals surface area contributed by atoms with E-state index in [1.54, 1.807) is 0 Å². The maximum atomic E-state index is 2.31. The van der Waals surface area contributed by atoms with Crippen LogP contribution in [-0.2, 0) is 0 Å². The van der Waals surface area contributed by atoms with E-state index < -0.39 is 0 Å². The average Bonchev–Trinajstić information content (AvgIpc) is 2.21. The van der Waals surface area contributed by atoms with Crippen LogP contribution in [0.15, 0.2) is 0 Å². The lowest BCUT2D eigenvalue weighted by atomic mass is 9.90. The third kappa shape index (κ3) is 6.82. The van der Waals surface area contributed by atoms with E-state index in [4.69, 9.17) is 0 Å². The van der Waals surface area contributed by atoms with Gasteiger partial charge in [-0.25, -0.2) is 0 Å². The Balaban J connectivity index is 3.89. The van der Waals surface area contributed by atoms with Crippen molar-refractivity contribution >= 4 is 9.24 Å². The molecule has 14 heavy (non-hydrogen) atoms. The summed E-state index contributed by atoms with van der Waals surface area (Å²) in [6.07, 6.45) is 12.7. The lowest BCUT2D eigenvalue weighted by Gasteiger charge is -2.24. The van der Waals surface area contributed by atoms with Gasteiger partial charge < -0.3 is 0 Å². The fourth-order valence-corrected chi connectivity index (χ4v) is 2.78. The third-order valence-electron chi connectivity index (χ3n) is 3.18. The zero-order valence-electron chi connectivity index (χ0n) is 10.6. The molecular formula is C13H30P+. The Morgan fingerprint density at radius 2 is 1.00 bits per heavy atom. The minimum Gasteiger partial charge on any atom is -0.0654 e. The molecule has 1 unspecified atom stereocenters. The molecule has 0 aliphatic rings. The Kier molecular flexibility index (Phi) is 8.98. The quantitative estimate of drug-likeness (QED) is 0.482. The summed E-state index contributed by atoms with van der Waals surface area (Å²) in [4.78, 5) is 0. The molecule has 0 aromatic heterocycles. The first-order valence-corrected chi connectivity index (χ1v) is 7.24. The van der Waals surface area contributed by atoms with E-state index in [9.17, 15) is 0 Å². The van der Waals surface area contributed by atoms with Crippen molar-refractivity contribution in [2.24, 2.45) is 0 Å². The second kappa shape index (κ2) is 8.72. The molecule has 0 fully saturated rings. The summed E-state index contributed by atoms with van der Waals surface area (Å²) in [6, 6.07) is 0. The van der Waals surface area contributed by atoms with Gasteiger partial charge in [-0.2, -0.15) is 0 Å². The minimum absolute atomic E-state index is 0.683. The van der Waals surface area contributed by atoms with E-state index in [1.165, 1.54) is 57.8 Å². The van der Waals surface area contributed by atoms with Crippen molar-refractivity contribution in [1.29, 1.82) is 0 Å². The topological polar surface area (TPSA) is 0 Å². The van der Waals surface area contributed by atoms with Gasteiger partial charge in [0.2, 0.25) is 0 Å². The molecule has 0 radical (unpaired) electrons. The highest BCUT2D eigenvalue weighted by Gasteiger charge is 2.27. The smallest absolute Gasteiger partial charge is 0.0654 e. The van der Waals surface area contributed by atoms with Gasteiger partial charge in [-0.1, -0.05) is 40.0 Å². The molecule has 0 nitrogen and oxygen atoms in total. The Morgan fingerprint density at radius 3 is 1.21 bits per heavy atom. The van der Waals surface area contributed by atoms with Crippen molar-refractivity contribution in [2.75, 3.05) is 0 Å². The molecule has 0 heterocycles. The number of hydrogen-bond donors (Lipinski definition) is 0. The fourth-order valence-electron chi connectivity index (χ4n) is 2.03. The molecule has 0 aromatic carbocycles. The second-order valence-corrected chi connectivity index (χ2v) is 6.31. The first kappa shape index (κ1) is 14.4. The fraction of sp³-hybridized carbons (Fsp3) is 1.00. The van der Waals surface area contributed by atoms with Crippen molar-refractivity contribution < 1.29 is 0 Å². The first-order valence-electron chi connectivity index (χ1n) is 6.54. The molecule has 0 bridgehead atoms. The van der Waals surface area contributed by atoms with Crippen LogP contribution in [0.1, 0.15) is 78.6 Å². The molecule has 0 aliphatic carbocycles. The maximum absolute atomic E-state index is 2.31. The molecule has 86 valence electrons. The summed E-state index contributed by atoms with van der Waals surface area (Å²) >= 11 is 0. The van der Waals surface area contributed by atoms with Crippen LogP contribution in [0.2, 0.25) is 0 Å². The Hall–Kier alpha value is 0.430. The first-order chi connectivity index (χ1) is 6.68. The standard InChI is InChI=1S/C13H29P/c1-4-7-10-13(14,11-8-5-2)12-9-6-3/h4-12,14H2,1-3H3/p+1. The van der Waals surface area contributed by atoms with Crippen molar-refractivity contribution in [1.82, 2.24) is 0 Å². The predicted molar refractivity (Wildman–Crippen MR) is 72.4 cm³/mol. The summed E-state index contributed by atoms with van der Waals surface area (Å²) in [7, 11) is 2.29. The maximum Gasteiger partial charge on any atom is 0.0731 e. The highest BCUT2D eigenvalue weighted by atomic mass is 31.0. The molecule has 0 N–H and O–H groups in total. The van der Waals surface area contributed by atoms with Gasteiger partial charge in [0.15, 0.2) is 0 Å². The third-order valence-corrected chi connectivity index (χ3v) is 4.24. The summed E-state index contributed by atoms with van der Waals surface area (Å²) in [5.74, 6) is 0. The molecule has 1 heteroatoms. The molecule has 1 atom stereocenters. The van der Waals surface area contributed by atoms with Gasteiger partial charge >= 0.3 is 0 Å². The van der Waals surface area contributed by atoms with Crippen LogP contribution in [0.25, 0.3) is 0 Å². The van der Waals surface area contributed by atoms with E-state index >= 15 is 0 Å². The zero-order valence-corrected chi connectivity index (χ0v) is 12.0. The summed E-state index contributed by atoms with van der Waals surface area (Å²) < 4.78 is 0. The van der Waals surface area contributed by atoms with Crippen molar-refractivity contribution in [2.45, 2.75) is 83.7 Å². The van der Waals surface area contributed by atoms with Crippen LogP contribution >= 0.6 is 9.24 Å². The van der Waals surface area contributed by atoms with Crippen LogP contribution in [0.4, 0.5) is 0 Å². The molecule has 0 spiro atoms. The molecule has 0 saturated carbocycles. The van der Waals surface area contributed by atoms with Crippen LogP contribution in [0.5, 0.6) is 0 Å². The molecule has 0 saturated heterocycles. The van der Waals surface area contributed by atoms with E-state index in [0.717, 1.165) is 0 Å². The highest BCUT2D eigenvalue weighted by molar-refractivity contribution is 7.19. The molecule has 0 amide bonds. The summed E-state index contributed by atoms with van der Waals surface area (Å²) in [5.41, 5.74) is 0. The van der Waals surface area contributed by atoms with Gasteiger partial charge in [0.05, 0.1) is 5.16 Å². The second-order valence-electron chi connectivity index (χ2n) is 4.81. The van der Waals surface area contributed by atoms with Crippen molar-refractivity contribution in [3.05, 3.63) is 0 Å². The number of hydrogen-bond acceptors (Lipinski definition) is 0. The van der Waals surface area contributed by atoms with E-state index in [2.05, 4.69) is 30.0 Å². The Bertz CT molecular complexity index is 98.6. The van der Waals surface area contributed by atoms with Gasteiger partial charge in [-0.05, 0) is 47.8 Å². The van der Waals surface area contributed by atoms with Crippen LogP contribution in [0.3, 0.4) is 0 Å². The number of rotatable bonds is 9. The van der Waals surface area contributed by atoms with Crippen molar-refractivity contribution in [3.8, 4) is 0 Å². The predicted octanol–water partition coefficient (Wildman–Crippen LogP) is 4.90. The normalized spacial score (nSPS) is 12.2. The summed E-state index contributed by atoms with van der Waals surface area (Å²) in [5, 5.41) is 0.683. The number of unbranched alkanes of at least 4 members (excludes halogenated alkanes) is 3. The van der Waals surface area contributed by atoms with Crippen LogP contribution in [0, 0.1) is 0 Å². The minimum atomic E-state index is 0.683. The van der Waals surface area contributed by atoms with Gasteiger partial charge in [-0.3, -0.25) is 0 Å². The van der Waals surface area contributed by atoms with Gasteiger partial charge in [-0.15, -0.1) is 0 Å². The highest BCUT2D eigenvalue weighted by Crippen LogP contribution is 2.36. The molecule has 0 aromatic rings. The Morgan fingerprint density at radius 1 is 0.714 bits per heavy atom. The van der Waals surface area contributed by atoms with E-state index in [1.807, 2.05) is 0 Å². The van der Waals surface area contributed by atoms with Crippen LogP contribution in [-0.4, -0.2) is 5.16 Å². The monoisotopic (exact) mass is 217 g/mol. The molecular weight excluding hydrogens is 187 g/mol. The van der Waals surface area contributed by atoms with Crippen LogP contribution < -0.4 is 0 Å². The lowest BCUT2D eigenvalue weighted by molar-refractivity contribution is 0.424. The van der Waals surface area contributed by atoms with E-state index in [0.29, 0.717) is 5.16 Å². The van der Waals surface area contributed by atoms with Gasteiger partial charge in [0.25, 0.3) is 0 Å². The SMILES string of the molecule is CCCCC([PH3+])(CCCC)CCCC. The van der Waals surface area contributed by atoms with Gasteiger partial charge in [0.1, 0.15) is 0 Å². The zero-order chi connectivity index (χ0) is 10.9. The lowest BCUT2D eigenvalue weighted by Crippen LogP contribution is -2.20. The largest absolute Gasteiger partial charge is 0.0731 e.